The van der Waals surface area contributed by atoms with Gasteiger partial charge in [0, 0.05) is 12.1 Å². The Hall–Kier alpha value is -1.77. The zero-order valence-corrected chi connectivity index (χ0v) is 14.0. The van der Waals surface area contributed by atoms with Gasteiger partial charge in [0.15, 0.2) is 0 Å². The van der Waals surface area contributed by atoms with Gasteiger partial charge in [0.1, 0.15) is 0 Å². The second-order valence-corrected chi connectivity index (χ2v) is 7.13. The van der Waals surface area contributed by atoms with Gasteiger partial charge in [0.25, 0.3) is 0 Å². The van der Waals surface area contributed by atoms with E-state index in [1.54, 1.807) is 11.8 Å². The standard InChI is InChI=1S/C14H22N4O4S/c1-7-9(11(19)17-13(21)15-7)3-5-23-6-4-10-8(2)16-14(22)18-12(10)20/h7-10H,3-6H2,1-2H3,(H2,15,17,19,21)(H2,16,18,20,22)/t7-,8-,9-,10+/m0/s1. The minimum absolute atomic E-state index is 0.170. The summed E-state index contributed by atoms with van der Waals surface area (Å²) < 4.78 is 0. The Balaban J connectivity index is 1.68. The van der Waals surface area contributed by atoms with Gasteiger partial charge >= 0.3 is 12.1 Å². The van der Waals surface area contributed by atoms with Crippen molar-refractivity contribution < 1.29 is 19.2 Å². The summed E-state index contributed by atoms with van der Waals surface area (Å²) in [6.45, 7) is 3.64. The monoisotopic (exact) mass is 342 g/mol. The summed E-state index contributed by atoms with van der Waals surface area (Å²) >= 11 is 1.66. The summed E-state index contributed by atoms with van der Waals surface area (Å²) in [7, 11) is 0. The van der Waals surface area contributed by atoms with Gasteiger partial charge in [-0.3, -0.25) is 20.2 Å². The number of amides is 6. The third-order valence-corrected chi connectivity index (χ3v) is 5.27. The fraction of sp³-hybridized carbons (Fsp3) is 0.714. The molecular weight excluding hydrogens is 320 g/mol. The Morgan fingerprint density at radius 1 is 0.783 bits per heavy atom. The molecule has 0 unspecified atom stereocenters. The van der Waals surface area contributed by atoms with Gasteiger partial charge in [0.05, 0.1) is 11.8 Å². The number of hydrogen-bond donors (Lipinski definition) is 4. The zero-order chi connectivity index (χ0) is 17.0. The summed E-state index contributed by atoms with van der Waals surface area (Å²) in [6.07, 6.45) is 1.34. The van der Waals surface area contributed by atoms with E-state index in [0.717, 1.165) is 11.5 Å². The van der Waals surface area contributed by atoms with Gasteiger partial charge in [-0.05, 0) is 38.2 Å². The molecule has 0 aliphatic carbocycles. The number of thioether (sulfide) groups is 1. The van der Waals surface area contributed by atoms with Gasteiger partial charge < -0.3 is 10.6 Å². The van der Waals surface area contributed by atoms with Crippen LogP contribution >= 0.6 is 11.8 Å². The molecule has 23 heavy (non-hydrogen) atoms. The smallest absolute Gasteiger partial charge is 0.321 e. The molecular formula is C14H22N4O4S. The zero-order valence-electron chi connectivity index (χ0n) is 13.2. The number of imide groups is 2. The van der Waals surface area contributed by atoms with Crippen LogP contribution in [0.4, 0.5) is 9.59 Å². The summed E-state index contributed by atoms with van der Waals surface area (Å²) in [6, 6.07) is -1.22. The van der Waals surface area contributed by atoms with E-state index < -0.39 is 12.1 Å². The van der Waals surface area contributed by atoms with Crippen LogP contribution in [0.3, 0.4) is 0 Å². The summed E-state index contributed by atoms with van der Waals surface area (Å²) in [5.41, 5.74) is 0. The maximum absolute atomic E-state index is 11.8. The Labute approximate surface area is 138 Å². The first-order chi connectivity index (χ1) is 10.9. The van der Waals surface area contributed by atoms with Gasteiger partial charge in [-0.2, -0.15) is 11.8 Å². The summed E-state index contributed by atoms with van der Waals surface area (Å²) in [5, 5.41) is 9.94. The van der Waals surface area contributed by atoms with Crippen molar-refractivity contribution >= 4 is 35.6 Å². The molecule has 4 N–H and O–H groups in total. The van der Waals surface area contributed by atoms with Crippen LogP contribution in [0.2, 0.25) is 0 Å². The molecule has 2 aliphatic heterocycles. The third-order valence-electron chi connectivity index (χ3n) is 4.22. The molecule has 2 heterocycles. The Bertz CT molecular complexity index is 469. The Kier molecular flexibility index (Phi) is 5.86. The van der Waals surface area contributed by atoms with Crippen LogP contribution in [0.1, 0.15) is 26.7 Å². The molecule has 9 heteroatoms. The van der Waals surface area contributed by atoms with Crippen LogP contribution in [-0.4, -0.2) is 47.5 Å². The largest absolute Gasteiger partial charge is 0.335 e. The predicted molar refractivity (Wildman–Crippen MR) is 85.8 cm³/mol. The molecule has 2 fully saturated rings. The molecule has 2 saturated heterocycles. The topological polar surface area (TPSA) is 116 Å². The van der Waals surface area contributed by atoms with Gasteiger partial charge in [0.2, 0.25) is 11.8 Å². The lowest BCUT2D eigenvalue weighted by atomic mass is 9.96. The van der Waals surface area contributed by atoms with E-state index in [9.17, 15) is 19.2 Å². The quantitative estimate of drug-likeness (QED) is 0.514. The number of carbonyl (C=O) groups is 4. The van der Waals surface area contributed by atoms with E-state index in [0.29, 0.717) is 12.8 Å². The van der Waals surface area contributed by atoms with E-state index >= 15 is 0 Å². The van der Waals surface area contributed by atoms with E-state index in [1.165, 1.54) is 0 Å². The maximum atomic E-state index is 11.8. The number of nitrogens with one attached hydrogen (secondary N) is 4. The lowest BCUT2D eigenvalue weighted by Gasteiger charge is -2.29. The number of hydrogen-bond acceptors (Lipinski definition) is 5. The first kappa shape index (κ1) is 17.6. The van der Waals surface area contributed by atoms with Crippen molar-refractivity contribution in [1.82, 2.24) is 21.3 Å². The van der Waals surface area contributed by atoms with Crippen molar-refractivity contribution in [3.63, 3.8) is 0 Å². The fourth-order valence-electron chi connectivity index (χ4n) is 2.84. The van der Waals surface area contributed by atoms with Crippen LogP contribution in [0.25, 0.3) is 0 Å². The minimum atomic E-state index is -0.439. The number of urea groups is 2. The third kappa shape index (κ3) is 4.60. The van der Waals surface area contributed by atoms with Gasteiger partial charge in [-0.1, -0.05) is 0 Å². The molecule has 0 spiro atoms. The molecule has 0 aromatic heterocycles. The van der Waals surface area contributed by atoms with Crippen LogP contribution < -0.4 is 21.3 Å². The fourth-order valence-corrected chi connectivity index (χ4v) is 3.88. The highest BCUT2D eigenvalue weighted by Crippen LogP contribution is 2.20. The first-order valence-corrected chi connectivity index (χ1v) is 8.84. The second kappa shape index (κ2) is 7.67. The SMILES string of the molecule is C[C@@H]1NC(=O)NC(=O)[C@H]1CCSCC[C@H]1C(=O)NC(=O)N[C@H]1C. The molecule has 0 aromatic rings. The molecule has 0 saturated carbocycles. The van der Waals surface area contributed by atoms with Crippen LogP contribution in [0.15, 0.2) is 0 Å². The highest BCUT2D eigenvalue weighted by Gasteiger charge is 2.33. The van der Waals surface area contributed by atoms with E-state index in [4.69, 9.17) is 0 Å². The molecule has 128 valence electrons. The van der Waals surface area contributed by atoms with Crippen molar-refractivity contribution in [1.29, 1.82) is 0 Å². The summed E-state index contributed by atoms with van der Waals surface area (Å²) in [5.74, 6) is 0.628. The predicted octanol–water partition coefficient (Wildman–Crippen LogP) is 0.188. The van der Waals surface area contributed by atoms with Crippen molar-refractivity contribution in [3.05, 3.63) is 0 Å². The summed E-state index contributed by atoms with van der Waals surface area (Å²) in [4.78, 5) is 45.8. The van der Waals surface area contributed by atoms with Gasteiger partial charge in [-0.15, -0.1) is 0 Å². The molecule has 0 radical (unpaired) electrons. The molecule has 2 aliphatic rings. The van der Waals surface area contributed by atoms with E-state index in [-0.39, 0.29) is 35.7 Å². The minimum Gasteiger partial charge on any atom is -0.335 e. The van der Waals surface area contributed by atoms with Crippen LogP contribution in [-0.2, 0) is 9.59 Å². The first-order valence-electron chi connectivity index (χ1n) is 7.69. The number of rotatable bonds is 6. The molecule has 6 amide bonds. The lowest BCUT2D eigenvalue weighted by Crippen LogP contribution is -2.57. The second-order valence-electron chi connectivity index (χ2n) is 5.91. The van der Waals surface area contributed by atoms with Gasteiger partial charge in [-0.25, -0.2) is 9.59 Å². The number of carbonyl (C=O) groups excluding carboxylic acids is 4. The van der Waals surface area contributed by atoms with Crippen molar-refractivity contribution in [2.24, 2.45) is 11.8 Å². The molecule has 2 rings (SSSR count). The maximum Gasteiger partial charge on any atom is 0.321 e. The van der Waals surface area contributed by atoms with Crippen LogP contribution in [0.5, 0.6) is 0 Å². The van der Waals surface area contributed by atoms with Crippen molar-refractivity contribution in [3.8, 4) is 0 Å². The molecule has 8 nitrogen and oxygen atoms in total. The average Bonchev–Trinajstić information content (AvgIpc) is 2.42. The Morgan fingerprint density at radius 3 is 1.52 bits per heavy atom. The van der Waals surface area contributed by atoms with Crippen molar-refractivity contribution in [2.45, 2.75) is 38.8 Å². The Morgan fingerprint density at radius 2 is 1.17 bits per heavy atom. The average molecular weight is 342 g/mol. The van der Waals surface area contributed by atoms with Crippen LogP contribution in [0, 0.1) is 11.8 Å². The lowest BCUT2D eigenvalue weighted by molar-refractivity contribution is -0.126. The molecule has 4 atom stereocenters. The highest BCUT2D eigenvalue weighted by molar-refractivity contribution is 7.99. The molecule has 0 bridgehead atoms. The van der Waals surface area contributed by atoms with E-state index in [2.05, 4.69) is 21.3 Å². The van der Waals surface area contributed by atoms with E-state index in [1.807, 2.05) is 13.8 Å². The van der Waals surface area contributed by atoms with Crippen molar-refractivity contribution in [2.75, 3.05) is 11.5 Å². The normalized spacial score (nSPS) is 31.0. The highest BCUT2D eigenvalue weighted by atomic mass is 32.2. The molecule has 0 aromatic carbocycles.